The average Bonchev–Trinajstić information content (AvgIpc) is 3.23. The Morgan fingerprint density at radius 2 is 1.79 bits per heavy atom. The van der Waals surface area contributed by atoms with E-state index in [1.54, 1.807) is 0 Å². The van der Waals surface area contributed by atoms with Crippen molar-refractivity contribution in [3.05, 3.63) is 0 Å². The van der Waals surface area contributed by atoms with Crippen molar-refractivity contribution in [3.8, 4) is 0 Å². The van der Waals surface area contributed by atoms with E-state index in [1.807, 2.05) is 0 Å². The Kier molecular flexibility index (Phi) is 4.19. The molecule has 0 bridgehead atoms. The van der Waals surface area contributed by atoms with Gasteiger partial charge in [0.05, 0.1) is 5.60 Å². The second kappa shape index (κ2) is 5.73. The first kappa shape index (κ1) is 13.9. The highest BCUT2D eigenvalue weighted by Crippen LogP contribution is 2.43. The van der Waals surface area contributed by atoms with Gasteiger partial charge in [-0.3, -0.25) is 0 Å². The first-order chi connectivity index (χ1) is 9.19. The summed E-state index contributed by atoms with van der Waals surface area (Å²) in [6.07, 6.45) is 12.2. The molecule has 3 fully saturated rings. The maximum atomic E-state index is 6.24. The molecule has 0 aromatic rings. The highest BCUT2D eigenvalue weighted by atomic mass is 16.5. The van der Waals surface area contributed by atoms with Gasteiger partial charge in [0.25, 0.3) is 0 Å². The van der Waals surface area contributed by atoms with Gasteiger partial charge in [-0.15, -0.1) is 0 Å². The van der Waals surface area contributed by atoms with Crippen LogP contribution in [0.3, 0.4) is 0 Å². The summed E-state index contributed by atoms with van der Waals surface area (Å²) in [5, 5.41) is 3.80. The average molecular weight is 265 g/mol. The third kappa shape index (κ3) is 3.33. The molecule has 1 aliphatic heterocycles. The van der Waals surface area contributed by atoms with Crippen molar-refractivity contribution < 1.29 is 4.74 Å². The van der Waals surface area contributed by atoms with Gasteiger partial charge in [0.2, 0.25) is 0 Å². The molecule has 1 N–H and O–H groups in total. The second-order valence-corrected chi connectivity index (χ2v) is 7.43. The van der Waals surface area contributed by atoms with Crippen molar-refractivity contribution in [1.29, 1.82) is 0 Å². The Morgan fingerprint density at radius 3 is 2.47 bits per heavy atom. The minimum Gasteiger partial charge on any atom is -0.375 e. The van der Waals surface area contributed by atoms with E-state index in [9.17, 15) is 0 Å². The summed E-state index contributed by atoms with van der Waals surface area (Å²) in [6, 6.07) is 1.51. The number of rotatable bonds is 4. The van der Waals surface area contributed by atoms with Gasteiger partial charge in [0, 0.05) is 18.7 Å². The molecule has 3 atom stereocenters. The SMILES string of the molecule is CC(NC1CC1)C(C)C1CCOC2(CCCCC2)C1. The van der Waals surface area contributed by atoms with Gasteiger partial charge >= 0.3 is 0 Å². The lowest BCUT2D eigenvalue weighted by Gasteiger charge is -2.46. The van der Waals surface area contributed by atoms with Crippen LogP contribution in [0, 0.1) is 11.8 Å². The van der Waals surface area contributed by atoms with E-state index in [0.717, 1.165) is 24.5 Å². The van der Waals surface area contributed by atoms with E-state index < -0.39 is 0 Å². The van der Waals surface area contributed by atoms with E-state index in [-0.39, 0.29) is 5.60 Å². The largest absolute Gasteiger partial charge is 0.375 e. The minimum atomic E-state index is 0.273. The maximum absolute atomic E-state index is 6.24. The van der Waals surface area contributed by atoms with E-state index in [2.05, 4.69) is 19.2 Å². The molecule has 0 amide bonds. The molecule has 19 heavy (non-hydrogen) atoms. The second-order valence-electron chi connectivity index (χ2n) is 7.43. The van der Waals surface area contributed by atoms with Crippen LogP contribution in [0.2, 0.25) is 0 Å². The molecule has 2 aliphatic carbocycles. The van der Waals surface area contributed by atoms with Gasteiger partial charge in [0.15, 0.2) is 0 Å². The standard InChI is InChI=1S/C17H31NO/c1-13(14(2)18-16-6-7-16)15-8-11-19-17(12-15)9-4-3-5-10-17/h13-16,18H,3-12H2,1-2H3. The van der Waals surface area contributed by atoms with Crippen LogP contribution in [0.4, 0.5) is 0 Å². The van der Waals surface area contributed by atoms with Crippen molar-refractivity contribution in [2.24, 2.45) is 11.8 Å². The van der Waals surface area contributed by atoms with Crippen LogP contribution >= 0.6 is 0 Å². The highest BCUT2D eigenvalue weighted by molar-refractivity contribution is 4.93. The van der Waals surface area contributed by atoms with Crippen molar-refractivity contribution >= 4 is 0 Å². The number of nitrogens with one attached hydrogen (secondary N) is 1. The summed E-state index contributed by atoms with van der Waals surface area (Å²) in [6.45, 7) is 5.86. The minimum absolute atomic E-state index is 0.273. The fourth-order valence-electron chi connectivity index (χ4n) is 4.24. The number of hydrogen-bond acceptors (Lipinski definition) is 2. The monoisotopic (exact) mass is 265 g/mol. The molecule has 2 saturated carbocycles. The van der Waals surface area contributed by atoms with Crippen molar-refractivity contribution in [2.75, 3.05) is 6.61 Å². The van der Waals surface area contributed by atoms with Crippen LogP contribution in [-0.2, 0) is 4.74 Å². The molecule has 110 valence electrons. The highest BCUT2D eigenvalue weighted by Gasteiger charge is 2.41. The fraction of sp³-hybridized carbons (Fsp3) is 1.00. The van der Waals surface area contributed by atoms with Crippen molar-refractivity contribution in [1.82, 2.24) is 5.32 Å². The summed E-state index contributed by atoms with van der Waals surface area (Å²) in [7, 11) is 0. The number of ether oxygens (including phenoxy) is 1. The van der Waals surface area contributed by atoms with Crippen LogP contribution in [0.1, 0.15) is 71.6 Å². The van der Waals surface area contributed by atoms with Crippen LogP contribution in [0.15, 0.2) is 0 Å². The maximum Gasteiger partial charge on any atom is 0.0685 e. The Balaban J connectivity index is 1.56. The molecular formula is C17H31NO. The zero-order valence-electron chi connectivity index (χ0n) is 12.8. The normalized spacial score (nSPS) is 34.1. The molecule has 3 unspecified atom stereocenters. The third-order valence-corrected chi connectivity index (χ3v) is 5.90. The Hall–Kier alpha value is -0.0800. The fourth-order valence-corrected chi connectivity index (χ4v) is 4.24. The zero-order valence-corrected chi connectivity index (χ0v) is 12.8. The quantitative estimate of drug-likeness (QED) is 0.832. The van der Waals surface area contributed by atoms with Gasteiger partial charge < -0.3 is 10.1 Å². The van der Waals surface area contributed by atoms with Crippen molar-refractivity contribution in [2.45, 2.75) is 89.3 Å². The molecular weight excluding hydrogens is 234 g/mol. The first-order valence-corrected chi connectivity index (χ1v) is 8.59. The predicted molar refractivity (Wildman–Crippen MR) is 79.3 cm³/mol. The summed E-state index contributed by atoms with van der Waals surface area (Å²) >= 11 is 0. The van der Waals surface area contributed by atoms with Gasteiger partial charge in [0.1, 0.15) is 0 Å². The molecule has 1 saturated heterocycles. The molecule has 0 aromatic carbocycles. The van der Waals surface area contributed by atoms with Gasteiger partial charge in [-0.25, -0.2) is 0 Å². The third-order valence-electron chi connectivity index (χ3n) is 5.90. The Morgan fingerprint density at radius 1 is 1.05 bits per heavy atom. The lowest BCUT2D eigenvalue weighted by atomic mass is 9.71. The van der Waals surface area contributed by atoms with Crippen molar-refractivity contribution in [3.63, 3.8) is 0 Å². The topological polar surface area (TPSA) is 21.3 Å². The van der Waals surface area contributed by atoms with Gasteiger partial charge in [-0.1, -0.05) is 26.2 Å². The summed E-state index contributed by atoms with van der Waals surface area (Å²) in [5.41, 5.74) is 0.273. The van der Waals surface area contributed by atoms with Crippen LogP contribution < -0.4 is 5.32 Å². The molecule has 0 radical (unpaired) electrons. The zero-order chi connectivity index (χ0) is 13.3. The molecule has 3 aliphatic rings. The van der Waals surface area contributed by atoms with E-state index in [0.29, 0.717) is 6.04 Å². The van der Waals surface area contributed by atoms with Gasteiger partial charge in [-0.2, -0.15) is 0 Å². The predicted octanol–water partition coefficient (Wildman–Crippen LogP) is 3.89. The van der Waals surface area contributed by atoms with Crippen LogP contribution in [0.25, 0.3) is 0 Å². The Labute approximate surface area is 118 Å². The molecule has 2 heteroatoms. The van der Waals surface area contributed by atoms with E-state index in [1.165, 1.54) is 57.8 Å². The Bertz CT molecular complexity index is 288. The van der Waals surface area contributed by atoms with E-state index >= 15 is 0 Å². The molecule has 1 spiro atoms. The van der Waals surface area contributed by atoms with Gasteiger partial charge in [-0.05, 0) is 57.3 Å². The summed E-state index contributed by atoms with van der Waals surface area (Å²) in [5.74, 6) is 1.66. The molecule has 2 nitrogen and oxygen atoms in total. The lowest BCUT2D eigenvalue weighted by molar-refractivity contribution is -0.125. The first-order valence-electron chi connectivity index (χ1n) is 8.59. The molecule has 3 rings (SSSR count). The molecule has 0 aromatic heterocycles. The molecule has 1 heterocycles. The van der Waals surface area contributed by atoms with Crippen LogP contribution in [0.5, 0.6) is 0 Å². The smallest absolute Gasteiger partial charge is 0.0685 e. The summed E-state index contributed by atoms with van der Waals surface area (Å²) < 4.78 is 6.24. The summed E-state index contributed by atoms with van der Waals surface area (Å²) in [4.78, 5) is 0. The lowest BCUT2D eigenvalue weighted by Crippen LogP contribution is -2.46. The number of hydrogen-bond donors (Lipinski definition) is 1. The van der Waals surface area contributed by atoms with Crippen LogP contribution in [-0.4, -0.2) is 24.3 Å². The van der Waals surface area contributed by atoms with E-state index in [4.69, 9.17) is 4.74 Å².